The van der Waals surface area contributed by atoms with Gasteiger partial charge >= 0.3 is 0 Å². The molecule has 3 nitrogen and oxygen atoms in total. The van der Waals surface area contributed by atoms with E-state index >= 15 is 0 Å². The minimum Gasteiger partial charge on any atom is -0.434 e. The second-order valence-corrected chi connectivity index (χ2v) is 4.90. The number of nitrogen functional groups attached to an aromatic ring is 1. The van der Waals surface area contributed by atoms with E-state index in [1.54, 1.807) is 12.1 Å². The number of hydrogen-bond acceptors (Lipinski definition) is 3. The predicted octanol–water partition coefficient (Wildman–Crippen LogP) is 4.12. The van der Waals surface area contributed by atoms with E-state index in [0.29, 0.717) is 16.8 Å². The average molecular weight is 325 g/mol. The molecule has 0 spiro atoms. The molecule has 0 unspecified atom stereocenters. The second-order valence-electron chi connectivity index (χ2n) is 3.99. The lowest BCUT2D eigenvalue weighted by Gasteiger charge is -1.97. The highest BCUT2D eigenvalue weighted by Crippen LogP contribution is 2.31. The first-order valence-electron chi connectivity index (χ1n) is 5.35. The van der Waals surface area contributed by atoms with Gasteiger partial charge in [0, 0.05) is 10.5 Å². The summed E-state index contributed by atoms with van der Waals surface area (Å²) in [5.41, 5.74) is 7.16. The van der Waals surface area contributed by atoms with Gasteiger partial charge < -0.3 is 10.2 Å². The smallest absolute Gasteiger partial charge is 0.230 e. The molecular weight excluding hydrogens is 318 g/mol. The highest BCUT2D eigenvalue weighted by Gasteiger charge is 2.15. The summed E-state index contributed by atoms with van der Waals surface area (Å²) >= 11 is 3.29. The zero-order valence-electron chi connectivity index (χ0n) is 9.45. The van der Waals surface area contributed by atoms with Gasteiger partial charge in [0.15, 0.2) is 5.58 Å². The maximum Gasteiger partial charge on any atom is 0.230 e. The number of aromatic nitrogens is 1. The van der Waals surface area contributed by atoms with Gasteiger partial charge in [-0.3, -0.25) is 0 Å². The van der Waals surface area contributed by atoms with Gasteiger partial charge in [-0.15, -0.1) is 0 Å². The van der Waals surface area contributed by atoms with Crippen molar-refractivity contribution in [3.63, 3.8) is 0 Å². The van der Waals surface area contributed by atoms with Crippen LogP contribution in [0, 0.1) is 11.6 Å². The molecule has 96 valence electrons. The van der Waals surface area contributed by atoms with Crippen molar-refractivity contribution < 1.29 is 13.2 Å². The number of rotatable bonds is 1. The molecule has 2 N–H and O–H groups in total. The van der Waals surface area contributed by atoms with Gasteiger partial charge in [0.1, 0.15) is 17.2 Å². The molecule has 0 amide bonds. The summed E-state index contributed by atoms with van der Waals surface area (Å²) in [5, 5.41) is 0. The fourth-order valence-electron chi connectivity index (χ4n) is 1.80. The zero-order chi connectivity index (χ0) is 13.6. The van der Waals surface area contributed by atoms with Gasteiger partial charge in [0.25, 0.3) is 0 Å². The monoisotopic (exact) mass is 324 g/mol. The van der Waals surface area contributed by atoms with Crippen molar-refractivity contribution in [3.05, 3.63) is 46.4 Å². The molecule has 0 radical (unpaired) electrons. The predicted molar refractivity (Wildman–Crippen MR) is 71.5 cm³/mol. The maximum atomic E-state index is 13.7. The van der Waals surface area contributed by atoms with Crippen LogP contribution < -0.4 is 5.73 Å². The lowest BCUT2D eigenvalue weighted by atomic mass is 10.2. The van der Waals surface area contributed by atoms with Crippen molar-refractivity contribution >= 4 is 32.7 Å². The fraction of sp³-hybridized carbons (Fsp3) is 0. The summed E-state index contributed by atoms with van der Waals surface area (Å²) in [6.07, 6.45) is 0. The molecule has 0 bridgehead atoms. The van der Waals surface area contributed by atoms with Crippen molar-refractivity contribution in [2.24, 2.45) is 0 Å². The lowest BCUT2D eigenvalue weighted by Crippen LogP contribution is -1.85. The number of nitrogens with zero attached hydrogens (tertiary/aromatic N) is 1. The molecule has 0 aliphatic rings. The van der Waals surface area contributed by atoms with E-state index in [-0.39, 0.29) is 11.5 Å². The lowest BCUT2D eigenvalue weighted by molar-refractivity contribution is 0.572. The number of halogens is 3. The Morgan fingerprint density at radius 1 is 1.16 bits per heavy atom. The van der Waals surface area contributed by atoms with E-state index in [0.717, 1.165) is 16.6 Å². The van der Waals surface area contributed by atoms with Crippen LogP contribution in [0.1, 0.15) is 0 Å². The molecule has 1 aromatic heterocycles. The number of benzene rings is 2. The topological polar surface area (TPSA) is 52.0 Å². The minimum atomic E-state index is -0.732. The average Bonchev–Trinajstić information content (AvgIpc) is 2.72. The van der Waals surface area contributed by atoms with Crippen molar-refractivity contribution in [2.75, 3.05) is 5.73 Å². The van der Waals surface area contributed by atoms with E-state index in [9.17, 15) is 8.78 Å². The van der Waals surface area contributed by atoms with Gasteiger partial charge in [-0.2, -0.15) is 0 Å². The fourth-order valence-corrected chi connectivity index (χ4v) is 2.26. The zero-order valence-corrected chi connectivity index (χ0v) is 11.0. The minimum absolute atomic E-state index is 0.0669. The van der Waals surface area contributed by atoms with Crippen LogP contribution in [0.15, 0.2) is 39.2 Å². The Balaban J connectivity index is 2.23. The van der Waals surface area contributed by atoms with Crippen molar-refractivity contribution in [2.45, 2.75) is 0 Å². The summed E-state index contributed by atoms with van der Waals surface area (Å²) in [5.74, 6) is -1.32. The van der Waals surface area contributed by atoms with E-state index in [1.807, 2.05) is 0 Å². The van der Waals surface area contributed by atoms with Crippen LogP contribution in [-0.4, -0.2) is 4.98 Å². The second kappa shape index (κ2) is 4.31. The normalized spacial score (nSPS) is 11.1. The van der Waals surface area contributed by atoms with Crippen molar-refractivity contribution in [1.82, 2.24) is 4.98 Å². The van der Waals surface area contributed by atoms with Crippen LogP contribution >= 0.6 is 15.9 Å². The van der Waals surface area contributed by atoms with Crippen LogP contribution in [0.3, 0.4) is 0 Å². The van der Waals surface area contributed by atoms with Gasteiger partial charge in [-0.25, -0.2) is 13.8 Å². The molecule has 0 saturated carbocycles. The Kier molecular flexibility index (Phi) is 2.74. The summed E-state index contributed by atoms with van der Waals surface area (Å²) < 4.78 is 32.7. The third-order valence-corrected chi connectivity index (χ3v) is 3.10. The summed E-state index contributed by atoms with van der Waals surface area (Å²) in [4.78, 5) is 4.16. The van der Waals surface area contributed by atoms with Gasteiger partial charge in [0.05, 0.1) is 11.3 Å². The molecular formula is C13H7BrF2N2O. The molecule has 3 rings (SSSR count). The maximum absolute atomic E-state index is 13.7. The molecule has 2 aromatic carbocycles. The van der Waals surface area contributed by atoms with Crippen LogP contribution in [0.25, 0.3) is 22.6 Å². The van der Waals surface area contributed by atoms with Gasteiger partial charge in [-0.05, 0) is 24.3 Å². The summed E-state index contributed by atoms with van der Waals surface area (Å²) in [7, 11) is 0. The molecule has 0 aliphatic carbocycles. The molecule has 0 saturated heterocycles. The van der Waals surface area contributed by atoms with E-state index < -0.39 is 11.6 Å². The van der Waals surface area contributed by atoms with Crippen LogP contribution in [-0.2, 0) is 0 Å². The van der Waals surface area contributed by atoms with Crippen LogP contribution in [0.5, 0.6) is 0 Å². The van der Waals surface area contributed by atoms with E-state index in [1.165, 1.54) is 6.07 Å². The molecule has 0 atom stereocenters. The SMILES string of the molecule is Nc1cc(Br)cc2nc(-c3ccc(F)cc3F)oc12. The number of oxazole rings is 1. The first kappa shape index (κ1) is 12.1. The molecule has 6 heteroatoms. The molecule has 19 heavy (non-hydrogen) atoms. The Labute approximate surface area is 115 Å². The number of anilines is 1. The third kappa shape index (κ3) is 2.08. The third-order valence-electron chi connectivity index (χ3n) is 2.65. The molecule has 3 aromatic rings. The first-order chi connectivity index (χ1) is 9.04. The first-order valence-corrected chi connectivity index (χ1v) is 6.15. The quantitative estimate of drug-likeness (QED) is 0.685. The Morgan fingerprint density at radius 3 is 2.68 bits per heavy atom. The highest BCUT2D eigenvalue weighted by atomic mass is 79.9. The van der Waals surface area contributed by atoms with E-state index in [2.05, 4.69) is 20.9 Å². The number of hydrogen-bond donors (Lipinski definition) is 1. The molecule has 0 fully saturated rings. The Morgan fingerprint density at radius 2 is 1.95 bits per heavy atom. The van der Waals surface area contributed by atoms with Crippen LogP contribution in [0.2, 0.25) is 0 Å². The standard InChI is InChI=1S/C13H7BrF2N2O/c14-6-3-10(17)12-11(4-6)18-13(19-12)8-2-1-7(15)5-9(8)16/h1-5H,17H2. The molecule has 1 heterocycles. The largest absolute Gasteiger partial charge is 0.434 e. The number of fused-ring (bicyclic) bond motifs is 1. The van der Waals surface area contributed by atoms with Crippen molar-refractivity contribution in [1.29, 1.82) is 0 Å². The highest BCUT2D eigenvalue weighted by molar-refractivity contribution is 9.10. The Hall–Kier alpha value is -1.95. The van der Waals surface area contributed by atoms with Crippen molar-refractivity contribution in [3.8, 4) is 11.5 Å². The number of nitrogens with two attached hydrogens (primary N) is 1. The van der Waals surface area contributed by atoms with Crippen LogP contribution in [0.4, 0.5) is 14.5 Å². The summed E-state index contributed by atoms with van der Waals surface area (Å²) in [6, 6.07) is 6.58. The van der Waals surface area contributed by atoms with E-state index in [4.69, 9.17) is 10.2 Å². The molecule has 0 aliphatic heterocycles. The van der Waals surface area contributed by atoms with Gasteiger partial charge in [0.2, 0.25) is 5.89 Å². The summed E-state index contributed by atoms with van der Waals surface area (Å²) in [6.45, 7) is 0. The Bertz CT molecular complexity index is 786. The van der Waals surface area contributed by atoms with Gasteiger partial charge in [-0.1, -0.05) is 15.9 Å².